The number of rotatable bonds is 7. The fourth-order valence-corrected chi connectivity index (χ4v) is 5.48. The lowest BCUT2D eigenvalue weighted by Gasteiger charge is -2.11. The fraction of sp³-hybridized carbons (Fsp3) is 0.233. The topological polar surface area (TPSA) is 108 Å². The molecule has 5 aromatic heterocycles. The molecule has 8 nitrogen and oxygen atoms in total. The molecule has 0 bridgehead atoms. The van der Waals surface area contributed by atoms with E-state index in [-0.39, 0.29) is 5.82 Å². The molecular weight excluding hydrogens is 491 g/mol. The first-order valence-electron chi connectivity index (χ1n) is 13.3. The number of H-pyrrole nitrogens is 2. The highest BCUT2D eigenvalue weighted by atomic mass is 19.1. The molecule has 9 heteroatoms. The van der Waals surface area contributed by atoms with Gasteiger partial charge < -0.3 is 10.3 Å². The number of imidazole rings is 1. The molecule has 1 fully saturated rings. The third kappa shape index (κ3) is 4.66. The van der Waals surface area contributed by atoms with Gasteiger partial charge in [-0.15, -0.1) is 0 Å². The van der Waals surface area contributed by atoms with Gasteiger partial charge in [0, 0.05) is 36.3 Å². The SMILES string of the molecule is Fc1cccc(-c2nccc3[nH]c(-c4n[nH]c5ccc(-c6cncc(CNCC7CCCC7)c6)nc45)nc23)c1. The quantitative estimate of drug-likeness (QED) is 0.238. The summed E-state index contributed by atoms with van der Waals surface area (Å²) in [7, 11) is 0. The van der Waals surface area contributed by atoms with Crippen LogP contribution in [0.4, 0.5) is 4.39 Å². The van der Waals surface area contributed by atoms with Gasteiger partial charge in [-0.1, -0.05) is 25.0 Å². The first-order chi connectivity index (χ1) is 19.2. The highest BCUT2D eigenvalue weighted by Crippen LogP contribution is 2.31. The summed E-state index contributed by atoms with van der Waals surface area (Å²) >= 11 is 0. The minimum atomic E-state index is -0.319. The Morgan fingerprint density at radius 3 is 2.69 bits per heavy atom. The first-order valence-corrected chi connectivity index (χ1v) is 13.3. The predicted octanol–water partition coefficient (Wildman–Crippen LogP) is 6.04. The molecule has 0 amide bonds. The van der Waals surface area contributed by atoms with Gasteiger partial charge in [0.1, 0.15) is 16.9 Å². The second-order valence-corrected chi connectivity index (χ2v) is 10.2. The molecule has 39 heavy (non-hydrogen) atoms. The molecule has 0 radical (unpaired) electrons. The van der Waals surface area contributed by atoms with E-state index in [4.69, 9.17) is 9.97 Å². The summed E-state index contributed by atoms with van der Waals surface area (Å²) in [4.78, 5) is 22.1. The number of nitrogens with one attached hydrogen (secondary N) is 3. The van der Waals surface area contributed by atoms with Crippen LogP contribution >= 0.6 is 0 Å². The molecule has 1 aliphatic rings. The van der Waals surface area contributed by atoms with Crippen LogP contribution in [-0.4, -0.2) is 41.7 Å². The Kier molecular flexibility index (Phi) is 6.05. The molecular formula is C30H27FN8. The molecule has 1 aromatic carbocycles. The van der Waals surface area contributed by atoms with E-state index < -0.39 is 0 Å². The summed E-state index contributed by atoms with van der Waals surface area (Å²) in [6.45, 7) is 1.85. The Hall–Kier alpha value is -4.50. The van der Waals surface area contributed by atoms with Gasteiger partial charge in [0.25, 0.3) is 0 Å². The van der Waals surface area contributed by atoms with Crippen molar-refractivity contribution in [2.45, 2.75) is 32.2 Å². The lowest BCUT2D eigenvalue weighted by atomic mass is 10.1. The van der Waals surface area contributed by atoms with Gasteiger partial charge in [0.05, 0.1) is 22.4 Å². The summed E-state index contributed by atoms with van der Waals surface area (Å²) in [5, 5.41) is 11.2. The molecule has 6 aromatic rings. The summed E-state index contributed by atoms with van der Waals surface area (Å²) in [6, 6.07) is 14.3. The van der Waals surface area contributed by atoms with Gasteiger partial charge in [0.2, 0.25) is 0 Å². The summed E-state index contributed by atoms with van der Waals surface area (Å²) in [6.07, 6.45) is 10.8. The van der Waals surface area contributed by atoms with Gasteiger partial charge in [0.15, 0.2) is 11.5 Å². The molecule has 0 spiro atoms. The second kappa shape index (κ2) is 9.99. The third-order valence-corrected chi connectivity index (χ3v) is 7.46. The van der Waals surface area contributed by atoms with Crippen molar-refractivity contribution in [1.82, 2.24) is 40.4 Å². The van der Waals surface area contributed by atoms with Crippen LogP contribution in [-0.2, 0) is 6.54 Å². The minimum absolute atomic E-state index is 0.319. The molecule has 0 saturated heterocycles. The van der Waals surface area contributed by atoms with Gasteiger partial charge >= 0.3 is 0 Å². The number of pyridine rings is 3. The van der Waals surface area contributed by atoms with Crippen LogP contribution in [0.25, 0.3) is 56.1 Å². The van der Waals surface area contributed by atoms with Crippen LogP contribution in [0.2, 0.25) is 0 Å². The number of fused-ring (bicyclic) bond motifs is 2. The maximum atomic E-state index is 13.9. The molecule has 3 N–H and O–H groups in total. The van der Waals surface area contributed by atoms with Gasteiger partial charge in [-0.05, 0) is 67.3 Å². The fourth-order valence-electron chi connectivity index (χ4n) is 5.48. The molecule has 0 unspecified atom stereocenters. The average molecular weight is 519 g/mol. The maximum Gasteiger partial charge on any atom is 0.161 e. The van der Waals surface area contributed by atoms with Crippen molar-refractivity contribution in [2.24, 2.45) is 5.92 Å². The second-order valence-electron chi connectivity index (χ2n) is 10.2. The van der Waals surface area contributed by atoms with E-state index in [0.717, 1.165) is 46.9 Å². The zero-order valence-electron chi connectivity index (χ0n) is 21.3. The van der Waals surface area contributed by atoms with Crippen molar-refractivity contribution in [1.29, 1.82) is 0 Å². The highest BCUT2D eigenvalue weighted by molar-refractivity contribution is 5.95. The van der Waals surface area contributed by atoms with Gasteiger partial charge in [-0.3, -0.25) is 15.1 Å². The Balaban J connectivity index is 1.20. The number of aromatic amines is 2. The number of aromatic nitrogens is 7. The van der Waals surface area contributed by atoms with Crippen molar-refractivity contribution in [3.63, 3.8) is 0 Å². The largest absolute Gasteiger partial charge is 0.336 e. The Morgan fingerprint density at radius 1 is 0.897 bits per heavy atom. The summed E-state index contributed by atoms with van der Waals surface area (Å²) in [5.41, 5.74) is 7.71. The van der Waals surface area contributed by atoms with E-state index in [1.54, 1.807) is 12.3 Å². The van der Waals surface area contributed by atoms with Gasteiger partial charge in [-0.25, -0.2) is 14.4 Å². The van der Waals surface area contributed by atoms with E-state index in [1.165, 1.54) is 37.8 Å². The van der Waals surface area contributed by atoms with Crippen LogP contribution in [0.3, 0.4) is 0 Å². The first kappa shape index (κ1) is 23.6. The van der Waals surface area contributed by atoms with E-state index in [9.17, 15) is 4.39 Å². The van der Waals surface area contributed by atoms with Crippen LogP contribution in [0.15, 0.2) is 67.1 Å². The zero-order chi connectivity index (χ0) is 26.2. The smallest absolute Gasteiger partial charge is 0.161 e. The number of halogens is 1. The Labute approximate surface area is 224 Å². The van der Waals surface area contributed by atoms with Crippen LogP contribution in [0.5, 0.6) is 0 Å². The average Bonchev–Trinajstić information content (AvgIpc) is 3.72. The number of hydrogen-bond acceptors (Lipinski definition) is 6. The molecule has 1 aliphatic carbocycles. The maximum absolute atomic E-state index is 13.9. The standard InChI is InChI=1S/C30H27FN8/c31-22-7-3-6-20(13-22)26-27-24(10-11-34-26)36-30(37-27)29-28-25(38-39-29)9-8-23(35-28)21-12-19(16-33-17-21)15-32-14-18-4-1-2-5-18/h3,6-13,16-18,32H,1-2,4-5,14-15H2,(H,36,37)(H,38,39). The molecule has 194 valence electrons. The van der Waals surface area contributed by atoms with E-state index in [2.05, 4.69) is 36.5 Å². The lowest BCUT2D eigenvalue weighted by Crippen LogP contribution is -2.20. The van der Waals surface area contributed by atoms with Crippen molar-refractivity contribution in [2.75, 3.05) is 6.54 Å². The molecule has 0 atom stereocenters. The number of nitrogens with zero attached hydrogens (tertiary/aromatic N) is 5. The predicted molar refractivity (Wildman–Crippen MR) is 149 cm³/mol. The normalized spacial score (nSPS) is 14.1. The number of benzene rings is 1. The summed E-state index contributed by atoms with van der Waals surface area (Å²) in [5.74, 6) is 1.04. The zero-order valence-corrected chi connectivity index (χ0v) is 21.3. The molecule has 7 rings (SSSR count). The lowest BCUT2D eigenvalue weighted by molar-refractivity contribution is 0.489. The van der Waals surface area contributed by atoms with Crippen LogP contribution in [0, 0.1) is 11.7 Å². The van der Waals surface area contributed by atoms with Crippen molar-refractivity contribution in [3.05, 3.63) is 78.5 Å². The van der Waals surface area contributed by atoms with Crippen molar-refractivity contribution < 1.29 is 4.39 Å². The molecule has 0 aliphatic heterocycles. The third-order valence-electron chi connectivity index (χ3n) is 7.46. The van der Waals surface area contributed by atoms with Crippen molar-refractivity contribution in [3.8, 4) is 34.0 Å². The van der Waals surface area contributed by atoms with Crippen molar-refractivity contribution >= 4 is 22.1 Å². The monoisotopic (exact) mass is 518 g/mol. The highest BCUT2D eigenvalue weighted by Gasteiger charge is 2.18. The van der Waals surface area contributed by atoms with E-state index in [1.807, 2.05) is 36.7 Å². The Bertz CT molecular complexity index is 1780. The molecule has 5 heterocycles. The van der Waals surface area contributed by atoms with Crippen LogP contribution < -0.4 is 5.32 Å². The number of hydrogen-bond donors (Lipinski definition) is 3. The van der Waals surface area contributed by atoms with Gasteiger partial charge in [-0.2, -0.15) is 5.10 Å². The Morgan fingerprint density at radius 2 is 1.79 bits per heavy atom. The minimum Gasteiger partial charge on any atom is -0.336 e. The molecule has 1 saturated carbocycles. The van der Waals surface area contributed by atoms with Crippen LogP contribution in [0.1, 0.15) is 31.2 Å². The summed E-state index contributed by atoms with van der Waals surface area (Å²) < 4.78 is 13.9. The van der Waals surface area contributed by atoms with E-state index in [0.29, 0.717) is 33.8 Å². The van der Waals surface area contributed by atoms with E-state index >= 15 is 0 Å².